The van der Waals surface area contributed by atoms with Crippen molar-refractivity contribution in [3.05, 3.63) is 24.0 Å². The number of aldehydes is 1. The molecule has 3 heteroatoms. The van der Waals surface area contributed by atoms with E-state index in [1.165, 1.54) is 0 Å². The molecule has 13 heavy (non-hydrogen) atoms. The topological polar surface area (TPSA) is 31.2 Å². The van der Waals surface area contributed by atoms with E-state index in [9.17, 15) is 4.79 Å². The van der Waals surface area contributed by atoms with E-state index in [1.807, 2.05) is 16.8 Å². The van der Waals surface area contributed by atoms with Crippen molar-refractivity contribution in [2.75, 3.05) is 13.2 Å². The average molecular weight is 181 g/mol. The van der Waals surface area contributed by atoms with Crippen LogP contribution in [0.2, 0.25) is 0 Å². The van der Waals surface area contributed by atoms with Crippen LogP contribution < -0.4 is 0 Å². The Morgan fingerprint density at radius 1 is 1.54 bits per heavy atom. The molecule has 3 nitrogen and oxygen atoms in total. The normalized spacial score (nSPS) is 10.2. The predicted molar refractivity (Wildman–Crippen MR) is 50.9 cm³/mol. The Balaban J connectivity index is 2.31. The predicted octanol–water partition coefficient (Wildman–Crippen LogP) is 1.73. The van der Waals surface area contributed by atoms with Crippen LogP contribution in [0.4, 0.5) is 0 Å². The molecule has 1 rings (SSSR count). The van der Waals surface area contributed by atoms with Gasteiger partial charge < -0.3 is 9.30 Å². The number of rotatable bonds is 6. The van der Waals surface area contributed by atoms with Crippen LogP contribution in [0.25, 0.3) is 0 Å². The van der Waals surface area contributed by atoms with Gasteiger partial charge in [-0.2, -0.15) is 0 Å². The van der Waals surface area contributed by atoms with Crippen LogP contribution in [0.1, 0.15) is 23.8 Å². The lowest BCUT2D eigenvalue weighted by atomic mass is 10.5. The van der Waals surface area contributed by atoms with Gasteiger partial charge in [-0.15, -0.1) is 0 Å². The Kier molecular flexibility index (Phi) is 4.26. The molecule has 0 aliphatic carbocycles. The van der Waals surface area contributed by atoms with Crippen LogP contribution in [0.15, 0.2) is 18.3 Å². The molecule has 0 amide bonds. The van der Waals surface area contributed by atoms with Gasteiger partial charge in [-0.25, -0.2) is 0 Å². The minimum Gasteiger partial charge on any atom is -0.380 e. The van der Waals surface area contributed by atoms with Crippen LogP contribution in [0, 0.1) is 0 Å². The van der Waals surface area contributed by atoms with E-state index in [-0.39, 0.29) is 0 Å². The molecule has 0 N–H and O–H groups in total. The quantitative estimate of drug-likeness (QED) is 0.494. The maximum Gasteiger partial charge on any atom is 0.166 e. The number of nitrogens with zero attached hydrogens (tertiary/aromatic N) is 1. The van der Waals surface area contributed by atoms with Crippen LogP contribution in [-0.2, 0) is 11.3 Å². The summed E-state index contributed by atoms with van der Waals surface area (Å²) < 4.78 is 7.21. The molecular formula is C10H15NO2. The number of ether oxygens (including phenoxy) is 1. The first-order valence-corrected chi connectivity index (χ1v) is 4.56. The molecular weight excluding hydrogens is 166 g/mol. The second kappa shape index (κ2) is 5.54. The first-order chi connectivity index (χ1) is 6.38. The van der Waals surface area contributed by atoms with Crippen molar-refractivity contribution in [3.63, 3.8) is 0 Å². The molecule has 0 bridgehead atoms. The third-order valence-electron chi connectivity index (χ3n) is 1.81. The van der Waals surface area contributed by atoms with Crippen LogP contribution in [0.5, 0.6) is 0 Å². The lowest BCUT2D eigenvalue weighted by Crippen LogP contribution is -2.07. The fourth-order valence-corrected chi connectivity index (χ4v) is 1.15. The smallest absolute Gasteiger partial charge is 0.166 e. The third kappa shape index (κ3) is 3.03. The largest absolute Gasteiger partial charge is 0.380 e. The van der Waals surface area contributed by atoms with Crippen LogP contribution in [-0.4, -0.2) is 24.1 Å². The molecule has 72 valence electrons. The minimum atomic E-state index is 0.670. The molecule has 1 heterocycles. The summed E-state index contributed by atoms with van der Waals surface area (Å²) in [5.74, 6) is 0. The summed E-state index contributed by atoms with van der Waals surface area (Å²) in [6.45, 7) is 4.29. The van der Waals surface area contributed by atoms with Crippen molar-refractivity contribution in [1.82, 2.24) is 4.57 Å². The lowest BCUT2D eigenvalue weighted by Gasteiger charge is -2.05. The monoisotopic (exact) mass is 181 g/mol. The molecule has 0 fully saturated rings. The highest BCUT2D eigenvalue weighted by Crippen LogP contribution is 1.98. The Bertz CT molecular complexity index is 255. The number of hydrogen-bond donors (Lipinski definition) is 0. The molecule has 0 atom stereocenters. The maximum atomic E-state index is 10.5. The first kappa shape index (κ1) is 9.99. The SMILES string of the molecule is CCCOCCn1cccc1C=O. The molecule has 0 unspecified atom stereocenters. The Morgan fingerprint density at radius 2 is 2.38 bits per heavy atom. The fourth-order valence-electron chi connectivity index (χ4n) is 1.15. The van der Waals surface area contributed by atoms with E-state index in [1.54, 1.807) is 6.07 Å². The zero-order valence-electron chi connectivity index (χ0n) is 7.90. The number of hydrogen-bond acceptors (Lipinski definition) is 2. The van der Waals surface area contributed by atoms with Crippen molar-refractivity contribution in [1.29, 1.82) is 0 Å². The van der Waals surface area contributed by atoms with Crippen LogP contribution >= 0.6 is 0 Å². The van der Waals surface area contributed by atoms with Gasteiger partial charge in [0.15, 0.2) is 6.29 Å². The standard InChI is InChI=1S/C10H15NO2/c1-2-7-13-8-6-11-5-3-4-10(11)9-12/h3-5,9H,2,6-8H2,1H3. The number of carbonyl (C=O) groups excluding carboxylic acids is 1. The first-order valence-electron chi connectivity index (χ1n) is 4.56. The molecule has 0 aliphatic rings. The highest BCUT2D eigenvalue weighted by molar-refractivity contribution is 5.72. The van der Waals surface area contributed by atoms with Crippen molar-refractivity contribution >= 4 is 6.29 Å². The van der Waals surface area contributed by atoms with Gasteiger partial charge in [0, 0.05) is 19.3 Å². The van der Waals surface area contributed by atoms with Gasteiger partial charge in [0.25, 0.3) is 0 Å². The van der Waals surface area contributed by atoms with Gasteiger partial charge in [0.2, 0.25) is 0 Å². The van der Waals surface area contributed by atoms with E-state index < -0.39 is 0 Å². The van der Waals surface area contributed by atoms with E-state index in [2.05, 4.69) is 6.92 Å². The van der Waals surface area contributed by atoms with Gasteiger partial charge in [0.05, 0.1) is 12.3 Å². The summed E-state index contributed by atoms with van der Waals surface area (Å²) in [5.41, 5.74) is 0.708. The van der Waals surface area contributed by atoms with E-state index >= 15 is 0 Å². The summed E-state index contributed by atoms with van der Waals surface area (Å²) >= 11 is 0. The van der Waals surface area contributed by atoms with Gasteiger partial charge in [-0.1, -0.05) is 6.92 Å². The highest BCUT2D eigenvalue weighted by atomic mass is 16.5. The number of aromatic nitrogens is 1. The van der Waals surface area contributed by atoms with E-state index in [0.717, 1.165) is 25.9 Å². The molecule has 1 aromatic heterocycles. The average Bonchev–Trinajstić information content (AvgIpc) is 2.60. The molecule has 1 aromatic rings. The fraction of sp³-hybridized carbons (Fsp3) is 0.500. The summed E-state index contributed by atoms with van der Waals surface area (Å²) in [6, 6.07) is 3.66. The van der Waals surface area contributed by atoms with Gasteiger partial charge in [0.1, 0.15) is 0 Å². The summed E-state index contributed by atoms with van der Waals surface area (Å²) in [4.78, 5) is 10.5. The van der Waals surface area contributed by atoms with Crippen molar-refractivity contribution in [2.45, 2.75) is 19.9 Å². The highest BCUT2D eigenvalue weighted by Gasteiger charge is 1.97. The van der Waals surface area contributed by atoms with Gasteiger partial charge in [-0.05, 0) is 18.6 Å². The Hall–Kier alpha value is -1.09. The van der Waals surface area contributed by atoms with Gasteiger partial charge >= 0.3 is 0 Å². The van der Waals surface area contributed by atoms with E-state index in [0.29, 0.717) is 12.3 Å². The molecule has 0 spiro atoms. The maximum absolute atomic E-state index is 10.5. The van der Waals surface area contributed by atoms with Crippen molar-refractivity contribution < 1.29 is 9.53 Å². The zero-order chi connectivity index (χ0) is 9.52. The lowest BCUT2D eigenvalue weighted by molar-refractivity contribution is 0.110. The molecule has 0 radical (unpaired) electrons. The minimum absolute atomic E-state index is 0.670. The van der Waals surface area contributed by atoms with Crippen molar-refractivity contribution in [3.8, 4) is 0 Å². The second-order valence-corrected chi connectivity index (χ2v) is 2.86. The second-order valence-electron chi connectivity index (χ2n) is 2.86. The summed E-state index contributed by atoms with van der Waals surface area (Å²) in [5, 5.41) is 0. The van der Waals surface area contributed by atoms with Crippen LogP contribution in [0.3, 0.4) is 0 Å². The summed E-state index contributed by atoms with van der Waals surface area (Å²) in [6.07, 6.45) is 3.78. The van der Waals surface area contributed by atoms with E-state index in [4.69, 9.17) is 4.74 Å². The number of carbonyl (C=O) groups is 1. The Morgan fingerprint density at radius 3 is 3.08 bits per heavy atom. The van der Waals surface area contributed by atoms with Crippen molar-refractivity contribution in [2.24, 2.45) is 0 Å². The summed E-state index contributed by atoms with van der Waals surface area (Å²) in [7, 11) is 0. The molecule has 0 saturated carbocycles. The molecule has 0 saturated heterocycles. The van der Waals surface area contributed by atoms with Gasteiger partial charge in [-0.3, -0.25) is 4.79 Å². The Labute approximate surface area is 78.3 Å². The molecule has 0 aliphatic heterocycles. The molecule has 0 aromatic carbocycles. The zero-order valence-corrected chi connectivity index (χ0v) is 7.90. The third-order valence-corrected chi connectivity index (χ3v) is 1.81.